The molecule has 0 aliphatic carbocycles. The zero-order valence-corrected chi connectivity index (χ0v) is 13.6. The van der Waals surface area contributed by atoms with Crippen molar-refractivity contribution in [2.45, 2.75) is 6.92 Å². The summed E-state index contributed by atoms with van der Waals surface area (Å²) in [5.41, 5.74) is 8.29. The molecule has 0 aliphatic heterocycles. The molecule has 4 nitrogen and oxygen atoms in total. The third-order valence-corrected chi connectivity index (χ3v) is 5.03. The lowest BCUT2D eigenvalue weighted by molar-refractivity contribution is 0.103. The van der Waals surface area contributed by atoms with Crippen molar-refractivity contribution in [2.75, 3.05) is 11.1 Å². The Balaban J connectivity index is 2.01. The molecule has 3 rings (SSSR count). The topological polar surface area (TPSA) is 68.0 Å². The minimum absolute atomic E-state index is 0.211. The van der Waals surface area contributed by atoms with Gasteiger partial charge in [-0.05, 0) is 30.7 Å². The van der Waals surface area contributed by atoms with Crippen molar-refractivity contribution in [1.29, 1.82) is 0 Å². The fraction of sp³-hybridized carbons (Fsp3) is 0.0667. The van der Waals surface area contributed by atoms with Crippen LogP contribution in [0.5, 0.6) is 0 Å². The second-order valence-electron chi connectivity index (χ2n) is 4.60. The summed E-state index contributed by atoms with van der Waals surface area (Å²) >= 11 is 4.86. The number of anilines is 2. The summed E-state index contributed by atoms with van der Waals surface area (Å²) in [6.45, 7) is 1.92. The van der Waals surface area contributed by atoms with E-state index in [0.717, 1.165) is 20.1 Å². The van der Waals surface area contributed by atoms with Crippen LogP contribution in [0.3, 0.4) is 0 Å². The lowest BCUT2D eigenvalue weighted by Gasteiger charge is -2.06. The van der Waals surface area contributed by atoms with Crippen molar-refractivity contribution in [2.24, 2.45) is 0 Å². The van der Waals surface area contributed by atoms with Crippen LogP contribution in [0.2, 0.25) is 0 Å². The highest BCUT2D eigenvalue weighted by molar-refractivity contribution is 9.10. The molecule has 1 aromatic carbocycles. The van der Waals surface area contributed by atoms with Crippen molar-refractivity contribution < 1.29 is 4.79 Å². The van der Waals surface area contributed by atoms with E-state index in [2.05, 4.69) is 26.2 Å². The average molecular weight is 362 g/mol. The second-order valence-corrected chi connectivity index (χ2v) is 6.51. The monoisotopic (exact) mass is 361 g/mol. The molecule has 3 N–H and O–H groups in total. The number of halogens is 1. The Kier molecular flexibility index (Phi) is 3.65. The minimum atomic E-state index is -0.211. The fourth-order valence-corrected chi connectivity index (χ4v) is 3.83. The molecule has 6 heteroatoms. The summed E-state index contributed by atoms with van der Waals surface area (Å²) in [5, 5.41) is 3.75. The lowest BCUT2D eigenvalue weighted by atomic mass is 10.2. The fourth-order valence-electron chi connectivity index (χ4n) is 2.07. The van der Waals surface area contributed by atoms with Crippen molar-refractivity contribution in [3.63, 3.8) is 0 Å². The molecule has 0 unspecified atom stereocenters. The van der Waals surface area contributed by atoms with Crippen LogP contribution in [0, 0.1) is 6.92 Å². The highest BCUT2D eigenvalue weighted by Crippen LogP contribution is 2.38. The van der Waals surface area contributed by atoms with Gasteiger partial charge in [0.1, 0.15) is 4.88 Å². The Morgan fingerprint density at radius 2 is 2.19 bits per heavy atom. The van der Waals surface area contributed by atoms with Crippen LogP contribution in [0.1, 0.15) is 15.2 Å². The molecule has 0 saturated carbocycles. The van der Waals surface area contributed by atoms with Crippen LogP contribution in [0.4, 0.5) is 11.4 Å². The Morgan fingerprint density at radius 3 is 2.90 bits per heavy atom. The number of nitrogens with zero attached hydrogens (tertiary/aromatic N) is 1. The van der Waals surface area contributed by atoms with Crippen LogP contribution in [-0.2, 0) is 0 Å². The largest absolute Gasteiger partial charge is 0.397 e. The lowest BCUT2D eigenvalue weighted by Crippen LogP contribution is -2.13. The number of pyridine rings is 1. The first-order chi connectivity index (χ1) is 10.1. The van der Waals surface area contributed by atoms with Gasteiger partial charge in [0.05, 0.1) is 17.6 Å². The molecule has 0 bridgehead atoms. The number of carbonyl (C=O) groups excluding carboxylic acids is 1. The van der Waals surface area contributed by atoms with Crippen LogP contribution in [-0.4, -0.2) is 10.9 Å². The summed E-state index contributed by atoms with van der Waals surface area (Å²) < 4.78 is 1.88. The zero-order valence-electron chi connectivity index (χ0n) is 11.2. The molecule has 0 saturated heterocycles. The Labute approximate surface area is 134 Å². The number of nitrogen functional groups attached to an aromatic ring is 1. The molecule has 0 aliphatic rings. The van der Waals surface area contributed by atoms with Gasteiger partial charge in [-0.1, -0.05) is 22.0 Å². The molecule has 2 heterocycles. The van der Waals surface area contributed by atoms with Gasteiger partial charge in [-0.25, -0.2) is 0 Å². The molecule has 0 spiro atoms. The normalized spacial score (nSPS) is 10.8. The molecule has 0 fully saturated rings. The van der Waals surface area contributed by atoms with Gasteiger partial charge in [0.2, 0.25) is 0 Å². The number of amides is 1. The maximum Gasteiger partial charge on any atom is 0.267 e. The van der Waals surface area contributed by atoms with E-state index in [9.17, 15) is 4.79 Å². The number of nitrogens with two attached hydrogens (primary N) is 1. The van der Waals surface area contributed by atoms with Gasteiger partial charge in [-0.2, -0.15) is 0 Å². The molecule has 106 valence electrons. The number of carbonyl (C=O) groups is 1. The summed E-state index contributed by atoms with van der Waals surface area (Å²) in [6, 6.07) is 7.64. The van der Waals surface area contributed by atoms with Gasteiger partial charge in [-0.3, -0.25) is 9.78 Å². The van der Waals surface area contributed by atoms with E-state index >= 15 is 0 Å². The van der Waals surface area contributed by atoms with E-state index in [0.29, 0.717) is 16.3 Å². The van der Waals surface area contributed by atoms with Crippen LogP contribution in [0.25, 0.3) is 10.1 Å². The number of benzene rings is 1. The summed E-state index contributed by atoms with van der Waals surface area (Å²) in [4.78, 5) is 17.0. The number of hydrogen-bond acceptors (Lipinski definition) is 4. The SMILES string of the molecule is Cc1ccncc1NC(=O)c1sc2cccc(Br)c2c1N. The predicted molar refractivity (Wildman–Crippen MR) is 90.9 cm³/mol. The predicted octanol–water partition coefficient (Wildman–Crippen LogP) is 4.20. The van der Waals surface area contributed by atoms with Crippen molar-refractivity contribution >= 4 is 54.6 Å². The van der Waals surface area contributed by atoms with Gasteiger partial charge in [0.15, 0.2) is 0 Å². The van der Waals surface area contributed by atoms with Gasteiger partial charge >= 0.3 is 0 Å². The summed E-state index contributed by atoms with van der Waals surface area (Å²) in [5.74, 6) is -0.211. The Bertz CT molecular complexity index is 844. The second kappa shape index (κ2) is 5.46. The number of rotatable bonds is 2. The average Bonchev–Trinajstić information content (AvgIpc) is 2.80. The highest BCUT2D eigenvalue weighted by atomic mass is 79.9. The molecular formula is C15H12BrN3OS. The standard InChI is InChI=1S/C15H12BrN3OS/c1-8-5-6-18-7-10(8)19-15(20)14-13(17)12-9(16)3-2-4-11(12)21-14/h2-7H,17H2,1H3,(H,19,20). The molecule has 3 aromatic rings. The maximum absolute atomic E-state index is 12.4. The number of fused-ring (bicyclic) bond motifs is 1. The van der Waals surface area contributed by atoms with Gasteiger partial charge in [0, 0.05) is 20.8 Å². The summed E-state index contributed by atoms with van der Waals surface area (Å²) in [6.07, 6.45) is 3.32. The van der Waals surface area contributed by atoms with E-state index in [4.69, 9.17) is 5.73 Å². The van der Waals surface area contributed by atoms with Gasteiger partial charge < -0.3 is 11.1 Å². The number of aromatic nitrogens is 1. The number of nitrogens with one attached hydrogen (secondary N) is 1. The molecule has 2 aromatic heterocycles. The number of thiophene rings is 1. The smallest absolute Gasteiger partial charge is 0.267 e. The third-order valence-electron chi connectivity index (χ3n) is 3.19. The van der Waals surface area contributed by atoms with Crippen LogP contribution in [0.15, 0.2) is 41.1 Å². The minimum Gasteiger partial charge on any atom is -0.397 e. The Morgan fingerprint density at radius 1 is 1.38 bits per heavy atom. The quantitative estimate of drug-likeness (QED) is 0.718. The number of hydrogen-bond donors (Lipinski definition) is 2. The van der Waals surface area contributed by atoms with E-state index in [1.54, 1.807) is 12.4 Å². The Hall–Kier alpha value is -1.92. The summed E-state index contributed by atoms with van der Waals surface area (Å²) in [7, 11) is 0. The molecule has 0 atom stereocenters. The molecule has 21 heavy (non-hydrogen) atoms. The zero-order chi connectivity index (χ0) is 15.0. The molecule has 1 amide bonds. The van der Waals surface area contributed by atoms with E-state index < -0.39 is 0 Å². The van der Waals surface area contributed by atoms with E-state index in [1.807, 2.05) is 31.2 Å². The first-order valence-corrected chi connectivity index (χ1v) is 7.87. The van der Waals surface area contributed by atoms with Crippen molar-refractivity contribution in [3.05, 3.63) is 51.6 Å². The first-order valence-electron chi connectivity index (χ1n) is 6.26. The van der Waals surface area contributed by atoms with Gasteiger partial charge in [-0.15, -0.1) is 11.3 Å². The molecule has 0 radical (unpaired) electrons. The van der Waals surface area contributed by atoms with Crippen LogP contribution < -0.4 is 11.1 Å². The highest BCUT2D eigenvalue weighted by Gasteiger charge is 2.18. The van der Waals surface area contributed by atoms with Gasteiger partial charge in [0.25, 0.3) is 5.91 Å². The molecular weight excluding hydrogens is 350 g/mol. The third kappa shape index (κ3) is 2.52. The first kappa shape index (κ1) is 14.0. The van der Waals surface area contributed by atoms with E-state index in [1.165, 1.54) is 11.3 Å². The maximum atomic E-state index is 12.4. The number of aryl methyl sites for hydroxylation is 1. The van der Waals surface area contributed by atoms with Crippen LogP contribution >= 0.6 is 27.3 Å². The van der Waals surface area contributed by atoms with E-state index in [-0.39, 0.29) is 5.91 Å². The van der Waals surface area contributed by atoms with Crippen molar-refractivity contribution in [1.82, 2.24) is 4.98 Å². The van der Waals surface area contributed by atoms with Crippen molar-refractivity contribution in [3.8, 4) is 0 Å².